The molecule has 0 heterocycles. The van der Waals surface area contributed by atoms with Crippen molar-refractivity contribution >= 4 is 11.4 Å². The molecule has 3 aromatic carbocycles. The first kappa shape index (κ1) is 21.1. The van der Waals surface area contributed by atoms with Crippen LogP contribution in [-0.4, -0.2) is 32.2 Å². The number of hydrogen-bond acceptors (Lipinski definition) is 3. The highest BCUT2D eigenvalue weighted by atomic mass is 15.5. The molecule has 0 saturated carbocycles. The number of nitrogens with zero attached hydrogens (tertiary/aromatic N) is 4. The SMILES string of the molecule is CCN(CC)N=Nc1c(C#Cc2ccc(N(C)C)cc2)cccc1-c1ccccc1. The zero-order chi connectivity index (χ0) is 21.3. The lowest BCUT2D eigenvalue weighted by molar-refractivity contribution is 0.301. The summed E-state index contributed by atoms with van der Waals surface area (Å²) in [5.74, 6) is 6.59. The van der Waals surface area contributed by atoms with Gasteiger partial charge in [0.05, 0.1) is 5.56 Å². The molecule has 0 saturated heterocycles. The van der Waals surface area contributed by atoms with Crippen LogP contribution in [0, 0.1) is 11.8 Å². The first-order valence-corrected chi connectivity index (χ1v) is 10.3. The van der Waals surface area contributed by atoms with Crippen LogP contribution in [0.2, 0.25) is 0 Å². The number of anilines is 1. The fraction of sp³-hybridized carbons (Fsp3) is 0.231. The first-order chi connectivity index (χ1) is 14.6. The van der Waals surface area contributed by atoms with E-state index in [0.717, 1.165) is 46.7 Å². The van der Waals surface area contributed by atoms with Crippen molar-refractivity contribution in [3.63, 3.8) is 0 Å². The van der Waals surface area contributed by atoms with Gasteiger partial charge in [-0.15, -0.1) is 5.11 Å². The Hall–Kier alpha value is -3.58. The molecule has 0 aliphatic carbocycles. The van der Waals surface area contributed by atoms with E-state index in [2.05, 4.69) is 71.3 Å². The molecule has 152 valence electrons. The maximum Gasteiger partial charge on any atom is 0.111 e. The van der Waals surface area contributed by atoms with Crippen LogP contribution < -0.4 is 4.90 Å². The van der Waals surface area contributed by atoms with Crippen LogP contribution in [0.3, 0.4) is 0 Å². The van der Waals surface area contributed by atoms with Gasteiger partial charge in [0.2, 0.25) is 0 Å². The van der Waals surface area contributed by atoms with Gasteiger partial charge in [-0.25, -0.2) is 0 Å². The molecular weight excluding hydrogens is 368 g/mol. The minimum absolute atomic E-state index is 0.799. The van der Waals surface area contributed by atoms with E-state index < -0.39 is 0 Å². The van der Waals surface area contributed by atoms with Gasteiger partial charge in [-0.2, -0.15) is 0 Å². The summed E-state index contributed by atoms with van der Waals surface area (Å²) < 4.78 is 0. The second-order valence-corrected chi connectivity index (χ2v) is 7.09. The topological polar surface area (TPSA) is 31.2 Å². The average Bonchev–Trinajstić information content (AvgIpc) is 2.79. The second kappa shape index (κ2) is 10.3. The fourth-order valence-electron chi connectivity index (χ4n) is 3.04. The maximum atomic E-state index is 4.62. The molecule has 0 fully saturated rings. The summed E-state index contributed by atoms with van der Waals surface area (Å²) in [6.07, 6.45) is 0. The Kier molecular flexibility index (Phi) is 7.24. The molecule has 0 amide bonds. The van der Waals surface area contributed by atoms with E-state index >= 15 is 0 Å². The molecule has 0 atom stereocenters. The molecule has 30 heavy (non-hydrogen) atoms. The second-order valence-electron chi connectivity index (χ2n) is 7.09. The lowest BCUT2D eigenvalue weighted by atomic mass is 10.0. The van der Waals surface area contributed by atoms with E-state index in [1.54, 1.807) is 0 Å². The standard InChI is InChI=1S/C26H28N4/c1-5-30(6-2)28-27-26-23(13-10-14-25(26)22-11-8-7-9-12-22)18-15-21-16-19-24(20-17-21)29(3)4/h7-14,16-17,19-20H,5-6H2,1-4H3. The van der Waals surface area contributed by atoms with Crippen LogP contribution >= 0.6 is 0 Å². The molecule has 0 unspecified atom stereocenters. The Morgan fingerprint density at radius 3 is 2.10 bits per heavy atom. The van der Waals surface area contributed by atoms with Crippen LogP contribution in [0.1, 0.15) is 25.0 Å². The van der Waals surface area contributed by atoms with Gasteiger partial charge in [0.25, 0.3) is 0 Å². The van der Waals surface area contributed by atoms with Gasteiger partial charge in [-0.3, -0.25) is 5.01 Å². The van der Waals surface area contributed by atoms with Crippen LogP contribution in [-0.2, 0) is 0 Å². The van der Waals surface area contributed by atoms with Crippen molar-refractivity contribution in [1.82, 2.24) is 5.01 Å². The van der Waals surface area contributed by atoms with Gasteiger partial charge >= 0.3 is 0 Å². The molecule has 4 heteroatoms. The molecule has 0 spiro atoms. The van der Waals surface area contributed by atoms with E-state index in [4.69, 9.17) is 0 Å². The molecule has 0 aliphatic rings. The summed E-state index contributed by atoms with van der Waals surface area (Å²) >= 11 is 0. The Morgan fingerprint density at radius 2 is 1.47 bits per heavy atom. The Labute approximate surface area is 179 Å². The zero-order valence-corrected chi connectivity index (χ0v) is 18.1. The quantitative estimate of drug-likeness (QED) is 0.284. The molecular formula is C26H28N4. The van der Waals surface area contributed by atoms with Crippen molar-refractivity contribution < 1.29 is 0 Å². The molecule has 0 aromatic heterocycles. The highest BCUT2D eigenvalue weighted by molar-refractivity contribution is 5.80. The van der Waals surface area contributed by atoms with Crippen molar-refractivity contribution in [2.45, 2.75) is 13.8 Å². The highest BCUT2D eigenvalue weighted by Crippen LogP contribution is 2.33. The van der Waals surface area contributed by atoms with Gasteiger partial charge in [0, 0.05) is 44.0 Å². The van der Waals surface area contributed by atoms with Gasteiger partial charge in [0.15, 0.2) is 0 Å². The van der Waals surface area contributed by atoms with E-state index in [-0.39, 0.29) is 0 Å². The highest BCUT2D eigenvalue weighted by Gasteiger charge is 2.09. The number of rotatable bonds is 6. The summed E-state index contributed by atoms with van der Waals surface area (Å²) in [4.78, 5) is 2.08. The van der Waals surface area contributed by atoms with Gasteiger partial charge in [-0.05, 0) is 49.7 Å². The Bertz CT molecular complexity index is 1040. The summed E-state index contributed by atoms with van der Waals surface area (Å²) in [6, 6.07) is 24.6. The number of benzene rings is 3. The van der Waals surface area contributed by atoms with Crippen LogP contribution in [0.25, 0.3) is 11.1 Å². The van der Waals surface area contributed by atoms with Crippen LogP contribution in [0.5, 0.6) is 0 Å². The molecule has 0 bridgehead atoms. The van der Waals surface area contributed by atoms with Crippen molar-refractivity contribution in [2.24, 2.45) is 10.3 Å². The lowest BCUT2D eigenvalue weighted by Crippen LogP contribution is -2.14. The maximum absolute atomic E-state index is 4.62. The van der Waals surface area contributed by atoms with Gasteiger partial charge < -0.3 is 4.90 Å². The molecule has 0 aliphatic heterocycles. The molecule has 4 nitrogen and oxygen atoms in total. The van der Waals surface area contributed by atoms with Gasteiger partial charge in [-0.1, -0.05) is 59.5 Å². The smallest absolute Gasteiger partial charge is 0.111 e. The van der Waals surface area contributed by atoms with Crippen molar-refractivity contribution in [3.8, 4) is 23.0 Å². The minimum Gasteiger partial charge on any atom is -0.378 e. The summed E-state index contributed by atoms with van der Waals surface area (Å²) in [7, 11) is 4.06. The Morgan fingerprint density at radius 1 is 0.767 bits per heavy atom. The van der Waals surface area contributed by atoms with Crippen molar-refractivity contribution in [3.05, 3.63) is 83.9 Å². The lowest BCUT2D eigenvalue weighted by Gasteiger charge is -2.13. The van der Waals surface area contributed by atoms with Crippen molar-refractivity contribution in [2.75, 3.05) is 32.1 Å². The molecule has 3 aromatic rings. The number of hydrogen-bond donors (Lipinski definition) is 0. The monoisotopic (exact) mass is 396 g/mol. The third-order valence-electron chi connectivity index (χ3n) is 4.85. The molecule has 3 rings (SSSR count). The van der Waals surface area contributed by atoms with Crippen molar-refractivity contribution in [1.29, 1.82) is 0 Å². The zero-order valence-electron chi connectivity index (χ0n) is 18.1. The normalized spacial score (nSPS) is 10.5. The third kappa shape index (κ3) is 5.27. The van der Waals surface area contributed by atoms with Gasteiger partial charge in [0.1, 0.15) is 5.69 Å². The summed E-state index contributed by atoms with van der Waals surface area (Å²) in [6.45, 7) is 5.77. The summed E-state index contributed by atoms with van der Waals surface area (Å²) in [5.41, 5.74) is 5.92. The third-order valence-corrected chi connectivity index (χ3v) is 4.85. The van der Waals surface area contributed by atoms with E-state index in [9.17, 15) is 0 Å². The van der Waals surface area contributed by atoms with Crippen LogP contribution in [0.15, 0.2) is 83.1 Å². The first-order valence-electron chi connectivity index (χ1n) is 10.3. The predicted octanol–water partition coefficient (Wildman–Crippen LogP) is 6.16. The van der Waals surface area contributed by atoms with Crippen LogP contribution in [0.4, 0.5) is 11.4 Å². The molecule has 0 radical (unpaired) electrons. The average molecular weight is 397 g/mol. The van der Waals surface area contributed by atoms with E-state index in [0.29, 0.717) is 0 Å². The van der Waals surface area contributed by atoms with E-state index in [1.807, 2.05) is 61.6 Å². The predicted molar refractivity (Wildman–Crippen MR) is 126 cm³/mol. The Balaban J connectivity index is 2.04. The molecule has 0 N–H and O–H groups in total. The van der Waals surface area contributed by atoms with E-state index in [1.165, 1.54) is 0 Å². The summed E-state index contributed by atoms with van der Waals surface area (Å²) in [5, 5.41) is 11.0. The largest absolute Gasteiger partial charge is 0.378 e. The fourth-order valence-corrected chi connectivity index (χ4v) is 3.04. The minimum atomic E-state index is 0.799.